The predicted molar refractivity (Wildman–Crippen MR) is 110 cm³/mol. The van der Waals surface area contributed by atoms with Crippen LogP contribution in [0.15, 0.2) is 25.0 Å². The smallest absolute Gasteiger partial charge is 0.326 e. The van der Waals surface area contributed by atoms with Gasteiger partial charge in [0.15, 0.2) is 0 Å². The van der Waals surface area contributed by atoms with Gasteiger partial charge in [0.2, 0.25) is 17.7 Å². The molecule has 2 aromatic rings. The number of nitrogens with zero attached hydrogens (tertiary/aromatic N) is 3. The van der Waals surface area contributed by atoms with Crippen molar-refractivity contribution in [2.24, 2.45) is 5.73 Å². The second-order valence-electron chi connectivity index (χ2n) is 7.53. The lowest BCUT2D eigenvalue weighted by molar-refractivity contribution is -0.142. The minimum absolute atomic E-state index is 0.0220. The van der Waals surface area contributed by atoms with Crippen LogP contribution in [0.2, 0.25) is 0 Å². The van der Waals surface area contributed by atoms with Crippen LogP contribution in [-0.4, -0.2) is 84.8 Å². The molecule has 1 saturated heterocycles. The van der Waals surface area contributed by atoms with E-state index in [-0.39, 0.29) is 18.7 Å². The molecule has 0 saturated carbocycles. The molecule has 0 radical (unpaired) electrons. The summed E-state index contributed by atoms with van der Waals surface area (Å²) in [4.78, 5) is 63.7. The number of aromatic nitrogens is 4. The lowest BCUT2D eigenvalue weighted by atomic mass is 10.1. The molecule has 3 atom stereocenters. The van der Waals surface area contributed by atoms with Gasteiger partial charge in [-0.2, -0.15) is 0 Å². The quantitative estimate of drug-likeness (QED) is 0.239. The Kier molecular flexibility index (Phi) is 7.54. The number of nitrogens with two attached hydrogens (primary N) is 1. The van der Waals surface area contributed by atoms with E-state index >= 15 is 0 Å². The molecule has 1 aliphatic heterocycles. The van der Waals surface area contributed by atoms with Gasteiger partial charge in [-0.05, 0) is 12.8 Å². The number of likely N-dealkylation sites (tertiary alicyclic amines) is 1. The van der Waals surface area contributed by atoms with Crippen molar-refractivity contribution in [3.63, 3.8) is 0 Å². The SMILES string of the molecule is N[C@@H](Cc1cnc[nH]1)C(=O)N1CCC[C@H]1C(=O)NCC(=O)N[C@@H](Cc1cnc[nH]1)C(=O)O. The molecule has 3 amide bonds. The Labute approximate surface area is 183 Å². The van der Waals surface area contributed by atoms with Crippen molar-refractivity contribution in [2.45, 2.75) is 43.8 Å². The number of hydrogen-bond donors (Lipinski definition) is 6. The molecular formula is C19H26N8O5. The first-order chi connectivity index (χ1) is 15.3. The molecule has 3 rings (SSSR count). The van der Waals surface area contributed by atoms with Gasteiger partial charge in [0, 0.05) is 43.2 Å². The van der Waals surface area contributed by atoms with Gasteiger partial charge in [-0.15, -0.1) is 0 Å². The summed E-state index contributed by atoms with van der Waals surface area (Å²) in [5.74, 6) is -2.71. The van der Waals surface area contributed by atoms with Gasteiger partial charge >= 0.3 is 5.97 Å². The number of aliphatic carboxylic acids is 1. The van der Waals surface area contributed by atoms with Crippen LogP contribution in [0.4, 0.5) is 0 Å². The van der Waals surface area contributed by atoms with Crippen molar-refractivity contribution in [1.29, 1.82) is 0 Å². The van der Waals surface area contributed by atoms with Crippen LogP contribution in [-0.2, 0) is 32.0 Å². The molecule has 0 unspecified atom stereocenters. The van der Waals surface area contributed by atoms with E-state index in [4.69, 9.17) is 5.73 Å². The molecule has 0 bridgehead atoms. The fraction of sp³-hybridized carbons (Fsp3) is 0.474. The molecule has 0 aliphatic carbocycles. The molecule has 3 heterocycles. The van der Waals surface area contributed by atoms with Gasteiger partial charge in [0.05, 0.1) is 25.2 Å². The van der Waals surface area contributed by atoms with E-state index in [2.05, 4.69) is 30.6 Å². The highest BCUT2D eigenvalue weighted by Gasteiger charge is 2.36. The monoisotopic (exact) mass is 446 g/mol. The van der Waals surface area contributed by atoms with E-state index in [9.17, 15) is 24.3 Å². The Morgan fingerprint density at radius 1 is 1.16 bits per heavy atom. The first-order valence-electron chi connectivity index (χ1n) is 10.2. The van der Waals surface area contributed by atoms with Gasteiger partial charge < -0.3 is 36.3 Å². The van der Waals surface area contributed by atoms with Gasteiger partial charge in [0.25, 0.3) is 0 Å². The van der Waals surface area contributed by atoms with Crippen LogP contribution in [0.5, 0.6) is 0 Å². The molecule has 13 nitrogen and oxygen atoms in total. The van der Waals surface area contributed by atoms with Crippen molar-refractivity contribution in [3.05, 3.63) is 36.4 Å². The number of H-pyrrole nitrogens is 2. The van der Waals surface area contributed by atoms with Crippen LogP contribution in [0.1, 0.15) is 24.2 Å². The number of carbonyl (C=O) groups excluding carboxylic acids is 3. The largest absolute Gasteiger partial charge is 0.480 e. The lowest BCUT2D eigenvalue weighted by Crippen LogP contribution is -2.53. The maximum absolute atomic E-state index is 12.7. The van der Waals surface area contributed by atoms with Crippen molar-refractivity contribution in [3.8, 4) is 0 Å². The van der Waals surface area contributed by atoms with Gasteiger partial charge in [-0.3, -0.25) is 14.4 Å². The van der Waals surface area contributed by atoms with Crippen LogP contribution in [0.25, 0.3) is 0 Å². The molecule has 0 spiro atoms. The zero-order chi connectivity index (χ0) is 23.1. The number of carboxylic acids is 1. The average Bonchev–Trinajstić information content (AvgIpc) is 3.53. The summed E-state index contributed by atoms with van der Waals surface area (Å²) in [6.07, 6.45) is 7.32. The molecule has 1 aliphatic rings. The second-order valence-corrected chi connectivity index (χ2v) is 7.53. The lowest BCUT2D eigenvalue weighted by Gasteiger charge is -2.26. The summed E-state index contributed by atoms with van der Waals surface area (Å²) in [5.41, 5.74) is 7.28. The normalized spacial score (nSPS) is 17.5. The number of nitrogens with one attached hydrogen (secondary N) is 4. The third-order valence-corrected chi connectivity index (χ3v) is 5.19. The number of amides is 3. The summed E-state index contributed by atoms with van der Waals surface area (Å²) >= 11 is 0. The highest BCUT2D eigenvalue weighted by Crippen LogP contribution is 2.19. The summed E-state index contributed by atoms with van der Waals surface area (Å²) in [7, 11) is 0. The Hall–Kier alpha value is -3.74. The topological polar surface area (TPSA) is 199 Å². The molecule has 32 heavy (non-hydrogen) atoms. The number of carbonyl (C=O) groups is 4. The average molecular weight is 446 g/mol. The second kappa shape index (κ2) is 10.5. The first-order valence-corrected chi connectivity index (χ1v) is 10.2. The van der Waals surface area contributed by atoms with E-state index in [0.29, 0.717) is 30.8 Å². The van der Waals surface area contributed by atoms with E-state index in [1.807, 2.05) is 0 Å². The van der Waals surface area contributed by atoms with Crippen LogP contribution in [0.3, 0.4) is 0 Å². The molecule has 2 aromatic heterocycles. The number of imidazole rings is 2. The van der Waals surface area contributed by atoms with Crippen LogP contribution < -0.4 is 16.4 Å². The Morgan fingerprint density at radius 2 is 1.81 bits per heavy atom. The zero-order valence-corrected chi connectivity index (χ0v) is 17.3. The predicted octanol–water partition coefficient (Wildman–Crippen LogP) is -2.08. The Morgan fingerprint density at radius 3 is 2.41 bits per heavy atom. The fourth-order valence-corrected chi connectivity index (χ4v) is 3.58. The number of carboxylic acid groups (broad SMARTS) is 1. The molecule has 0 aromatic carbocycles. The highest BCUT2D eigenvalue weighted by molar-refractivity contribution is 5.93. The van der Waals surface area contributed by atoms with E-state index in [0.717, 1.165) is 0 Å². The number of hydrogen-bond acceptors (Lipinski definition) is 7. The number of aromatic amines is 2. The number of rotatable bonds is 10. The maximum Gasteiger partial charge on any atom is 0.326 e. The van der Waals surface area contributed by atoms with Crippen molar-refractivity contribution >= 4 is 23.7 Å². The zero-order valence-electron chi connectivity index (χ0n) is 17.3. The van der Waals surface area contributed by atoms with E-state index < -0.39 is 42.5 Å². The first kappa shape index (κ1) is 22.9. The van der Waals surface area contributed by atoms with E-state index in [1.54, 1.807) is 6.20 Å². The summed E-state index contributed by atoms with van der Waals surface area (Å²) in [5, 5.41) is 14.2. The molecule has 1 fully saturated rings. The molecular weight excluding hydrogens is 420 g/mol. The molecule has 13 heteroatoms. The van der Waals surface area contributed by atoms with E-state index in [1.165, 1.54) is 23.8 Å². The van der Waals surface area contributed by atoms with Crippen molar-refractivity contribution < 1.29 is 24.3 Å². The third kappa shape index (κ3) is 5.91. The minimum Gasteiger partial charge on any atom is -0.480 e. The fourth-order valence-electron chi connectivity index (χ4n) is 3.58. The summed E-state index contributed by atoms with van der Waals surface area (Å²) in [6.45, 7) is -0.0185. The minimum atomic E-state index is -1.21. The van der Waals surface area contributed by atoms with Crippen molar-refractivity contribution in [2.75, 3.05) is 13.1 Å². The van der Waals surface area contributed by atoms with Crippen LogP contribution >= 0.6 is 0 Å². The standard InChI is InChI=1S/C19H26N8O5/c20-13(4-11-6-21-9-24-11)18(30)27-3-1-2-15(27)17(29)23-8-16(28)26-14(19(31)32)5-12-7-22-10-25-12/h6-7,9-10,13-15H,1-5,8,20H2,(H,21,24)(H,22,25)(H,23,29)(H,26,28)(H,31,32)/t13-,14-,15-/m0/s1. The van der Waals surface area contributed by atoms with Gasteiger partial charge in [-0.25, -0.2) is 14.8 Å². The van der Waals surface area contributed by atoms with Gasteiger partial charge in [0.1, 0.15) is 12.1 Å². The Bertz CT molecular complexity index is 930. The third-order valence-electron chi connectivity index (χ3n) is 5.19. The van der Waals surface area contributed by atoms with Crippen molar-refractivity contribution in [1.82, 2.24) is 35.5 Å². The van der Waals surface area contributed by atoms with Crippen LogP contribution in [0, 0.1) is 0 Å². The Balaban J connectivity index is 1.49. The molecule has 172 valence electrons. The summed E-state index contributed by atoms with van der Waals surface area (Å²) < 4.78 is 0. The highest BCUT2D eigenvalue weighted by atomic mass is 16.4. The molecule has 7 N–H and O–H groups in total. The summed E-state index contributed by atoms with van der Waals surface area (Å²) in [6, 6.07) is -2.74. The van der Waals surface area contributed by atoms with Gasteiger partial charge in [-0.1, -0.05) is 0 Å². The maximum atomic E-state index is 12.7.